The lowest BCUT2D eigenvalue weighted by molar-refractivity contribution is -0.129. The molecule has 2 aromatic carbocycles. The zero-order valence-corrected chi connectivity index (χ0v) is 16.5. The van der Waals surface area contributed by atoms with Crippen molar-refractivity contribution in [3.63, 3.8) is 0 Å². The number of rotatable bonds is 9. The average molecular weight is 400 g/mol. The highest BCUT2D eigenvalue weighted by Gasteiger charge is 2.22. The third-order valence-electron chi connectivity index (χ3n) is 4.08. The molecule has 29 heavy (non-hydrogen) atoms. The first-order chi connectivity index (χ1) is 13.8. The van der Waals surface area contributed by atoms with Gasteiger partial charge in [-0.15, -0.1) is 0 Å². The third kappa shape index (κ3) is 6.24. The van der Waals surface area contributed by atoms with E-state index in [2.05, 4.69) is 5.32 Å². The highest BCUT2D eigenvalue weighted by Crippen LogP contribution is 2.28. The molecule has 0 radical (unpaired) electrons. The van der Waals surface area contributed by atoms with Crippen molar-refractivity contribution in [1.29, 1.82) is 0 Å². The molecule has 2 unspecified atom stereocenters. The summed E-state index contributed by atoms with van der Waals surface area (Å²) in [5.74, 6) is -1.26. The Kier molecular flexibility index (Phi) is 7.59. The van der Waals surface area contributed by atoms with Crippen LogP contribution in [0.4, 0.5) is 0 Å². The summed E-state index contributed by atoms with van der Waals surface area (Å²) in [6.45, 7) is 3.01. The van der Waals surface area contributed by atoms with Gasteiger partial charge in [-0.3, -0.25) is 9.59 Å². The second kappa shape index (κ2) is 10.1. The molecule has 0 aliphatic heterocycles. The number of methoxy groups -OCH3 is 1. The van der Waals surface area contributed by atoms with Gasteiger partial charge in [0.1, 0.15) is 0 Å². The third-order valence-corrected chi connectivity index (χ3v) is 4.08. The number of carbonyl (C=O) groups is 3. The summed E-state index contributed by atoms with van der Waals surface area (Å²) in [6, 6.07) is 13.5. The Balaban J connectivity index is 1.99. The van der Waals surface area contributed by atoms with Gasteiger partial charge in [-0.1, -0.05) is 30.3 Å². The standard InChI is InChI=1S/C21H24N2O6/c1-13(15-7-5-4-6-8-15)23-20(25)14(2)29-21(26)16-9-10-17(18(11-16)27-3)28-12-19(22)24/h4-11,13-14H,12H2,1-3H3,(H2,22,24)(H,23,25). The van der Waals surface area contributed by atoms with Crippen LogP contribution in [0.2, 0.25) is 0 Å². The maximum absolute atomic E-state index is 12.4. The topological polar surface area (TPSA) is 117 Å². The maximum atomic E-state index is 12.4. The monoisotopic (exact) mass is 400 g/mol. The van der Waals surface area contributed by atoms with E-state index in [9.17, 15) is 14.4 Å². The van der Waals surface area contributed by atoms with Crippen LogP contribution in [0.3, 0.4) is 0 Å². The second-order valence-electron chi connectivity index (χ2n) is 6.31. The summed E-state index contributed by atoms with van der Waals surface area (Å²) in [5, 5.41) is 2.81. The molecule has 154 valence electrons. The van der Waals surface area contributed by atoms with Crippen LogP contribution in [0.5, 0.6) is 11.5 Å². The van der Waals surface area contributed by atoms with Crippen molar-refractivity contribution < 1.29 is 28.6 Å². The minimum Gasteiger partial charge on any atom is -0.493 e. The zero-order valence-electron chi connectivity index (χ0n) is 16.5. The molecule has 0 aromatic heterocycles. The Morgan fingerprint density at radius 1 is 1.03 bits per heavy atom. The largest absolute Gasteiger partial charge is 0.493 e. The van der Waals surface area contributed by atoms with Crippen LogP contribution in [0.15, 0.2) is 48.5 Å². The summed E-state index contributed by atoms with van der Waals surface area (Å²) in [5.41, 5.74) is 6.16. The molecule has 0 saturated carbocycles. The molecule has 2 rings (SSSR count). The molecule has 0 saturated heterocycles. The first kappa shape index (κ1) is 21.7. The molecule has 2 atom stereocenters. The Hall–Kier alpha value is -3.55. The van der Waals surface area contributed by atoms with Crippen LogP contribution in [0.1, 0.15) is 35.8 Å². The average Bonchev–Trinajstić information content (AvgIpc) is 2.72. The fourth-order valence-electron chi connectivity index (χ4n) is 2.50. The minimum atomic E-state index is -0.995. The molecule has 8 nitrogen and oxygen atoms in total. The van der Waals surface area contributed by atoms with Crippen molar-refractivity contribution in [3.05, 3.63) is 59.7 Å². The quantitative estimate of drug-likeness (QED) is 0.622. The first-order valence-electron chi connectivity index (χ1n) is 8.97. The second-order valence-corrected chi connectivity index (χ2v) is 6.31. The van der Waals surface area contributed by atoms with Crippen molar-refractivity contribution in [2.24, 2.45) is 5.73 Å². The molecule has 0 bridgehead atoms. The summed E-state index contributed by atoms with van der Waals surface area (Å²) < 4.78 is 15.6. The molecule has 3 N–H and O–H groups in total. The lowest BCUT2D eigenvalue weighted by Crippen LogP contribution is -2.37. The van der Waals surface area contributed by atoms with E-state index in [4.69, 9.17) is 19.9 Å². The van der Waals surface area contributed by atoms with Crippen molar-refractivity contribution in [3.8, 4) is 11.5 Å². The summed E-state index contributed by atoms with van der Waals surface area (Å²) >= 11 is 0. The number of ether oxygens (including phenoxy) is 3. The zero-order chi connectivity index (χ0) is 21.4. The number of carbonyl (C=O) groups excluding carboxylic acids is 3. The molecule has 0 fully saturated rings. The molecular formula is C21H24N2O6. The van der Waals surface area contributed by atoms with Gasteiger partial charge in [-0.05, 0) is 37.6 Å². The molecule has 2 aromatic rings. The molecule has 0 spiro atoms. The number of esters is 1. The molecular weight excluding hydrogens is 376 g/mol. The van der Waals surface area contributed by atoms with E-state index in [0.29, 0.717) is 0 Å². The van der Waals surface area contributed by atoms with Gasteiger partial charge in [0, 0.05) is 0 Å². The highest BCUT2D eigenvalue weighted by atomic mass is 16.5. The Labute approximate surface area is 168 Å². The lowest BCUT2D eigenvalue weighted by Gasteiger charge is -2.18. The fourth-order valence-corrected chi connectivity index (χ4v) is 2.50. The summed E-state index contributed by atoms with van der Waals surface area (Å²) in [4.78, 5) is 35.6. The molecule has 2 amide bonds. The Morgan fingerprint density at radius 2 is 1.72 bits per heavy atom. The van der Waals surface area contributed by atoms with Crippen molar-refractivity contribution in [1.82, 2.24) is 5.32 Å². The Morgan fingerprint density at radius 3 is 2.34 bits per heavy atom. The predicted octanol–water partition coefficient (Wildman–Crippen LogP) is 1.98. The summed E-state index contributed by atoms with van der Waals surface area (Å²) in [6.07, 6.45) is -0.995. The van der Waals surface area contributed by atoms with E-state index < -0.39 is 23.9 Å². The van der Waals surface area contributed by atoms with E-state index in [1.165, 1.54) is 32.2 Å². The number of hydrogen-bond donors (Lipinski definition) is 2. The van der Waals surface area contributed by atoms with Gasteiger partial charge in [0.05, 0.1) is 18.7 Å². The number of amides is 2. The van der Waals surface area contributed by atoms with E-state index in [0.717, 1.165) is 5.56 Å². The van der Waals surface area contributed by atoms with E-state index in [-0.39, 0.29) is 29.7 Å². The van der Waals surface area contributed by atoms with Gasteiger partial charge in [-0.2, -0.15) is 0 Å². The number of hydrogen-bond acceptors (Lipinski definition) is 6. The van der Waals surface area contributed by atoms with Gasteiger partial charge in [-0.25, -0.2) is 4.79 Å². The number of benzene rings is 2. The van der Waals surface area contributed by atoms with Crippen molar-refractivity contribution >= 4 is 17.8 Å². The molecule has 8 heteroatoms. The van der Waals surface area contributed by atoms with Crippen LogP contribution in [-0.4, -0.2) is 37.6 Å². The van der Waals surface area contributed by atoms with Crippen LogP contribution in [0.25, 0.3) is 0 Å². The van der Waals surface area contributed by atoms with E-state index in [1.54, 1.807) is 0 Å². The lowest BCUT2D eigenvalue weighted by atomic mass is 10.1. The molecule has 0 aliphatic rings. The minimum absolute atomic E-state index is 0.170. The van der Waals surface area contributed by atoms with Gasteiger partial charge >= 0.3 is 5.97 Å². The van der Waals surface area contributed by atoms with Crippen LogP contribution in [-0.2, 0) is 14.3 Å². The number of nitrogens with two attached hydrogens (primary N) is 1. The molecule has 0 aliphatic carbocycles. The maximum Gasteiger partial charge on any atom is 0.339 e. The molecule has 0 heterocycles. The summed E-state index contributed by atoms with van der Waals surface area (Å²) in [7, 11) is 1.39. The number of nitrogens with one attached hydrogen (secondary N) is 1. The fraction of sp³-hybridized carbons (Fsp3) is 0.286. The van der Waals surface area contributed by atoms with Gasteiger partial charge < -0.3 is 25.3 Å². The Bertz CT molecular complexity index is 869. The number of primary amides is 1. The van der Waals surface area contributed by atoms with Gasteiger partial charge in [0.2, 0.25) is 0 Å². The highest BCUT2D eigenvalue weighted by molar-refractivity contribution is 5.93. The van der Waals surface area contributed by atoms with Gasteiger partial charge in [0.15, 0.2) is 24.2 Å². The van der Waals surface area contributed by atoms with E-state index in [1.807, 2.05) is 37.3 Å². The van der Waals surface area contributed by atoms with Crippen LogP contribution in [0, 0.1) is 0 Å². The van der Waals surface area contributed by atoms with Crippen molar-refractivity contribution in [2.75, 3.05) is 13.7 Å². The first-order valence-corrected chi connectivity index (χ1v) is 8.97. The van der Waals surface area contributed by atoms with Crippen molar-refractivity contribution in [2.45, 2.75) is 26.0 Å². The van der Waals surface area contributed by atoms with Crippen LogP contribution >= 0.6 is 0 Å². The van der Waals surface area contributed by atoms with Gasteiger partial charge in [0.25, 0.3) is 11.8 Å². The van der Waals surface area contributed by atoms with E-state index >= 15 is 0 Å². The van der Waals surface area contributed by atoms with Crippen LogP contribution < -0.4 is 20.5 Å². The normalized spacial score (nSPS) is 12.4. The SMILES string of the molecule is COc1cc(C(=O)OC(C)C(=O)NC(C)c2ccccc2)ccc1OCC(N)=O. The smallest absolute Gasteiger partial charge is 0.339 e. The predicted molar refractivity (Wildman–Crippen MR) is 106 cm³/mol.